The lowest BCUT2D eigenvalue weighted by Crippen LogP contribution is -2.45. The van der Waals surface area contributed by atoms with E-state index in [0.29, 0.717) is 24.1 Å². The van der Waals surface area contributed by atoms with E-state index in [1.807, 2.05) is 0 Å². The fourth-order valence-electron chi connectivity index (χ4n) is 2.39. The molecule has 1 atom stereocenters. The van der Waals surface area contributed by atoms with Gasteiger partial charge in [-0.05, 0) is 25.8 Å². The molecule has 0 aliphatic carbocycles. The first-order chi connectivity index (χ1) is 9.30. The zero-order chi connectivity index (χ0) is 14.9. The number of aromatic nitrogens is 2. The van der Waals surface area contributed by atoms with Gasteiger partial charge in [-0.15, -0.1) is 0 Å². The number of halogens is 1. The molecule has 0 N–H and O–H groups in total. The Hall–Kier alpha value is -0.760. The molecule has 0 saturated carbocycles. The lowest BCUT2D eigenvalue weighted by atomic mass is 9.96. The van der Waals surface area contributed by atoms with Crippen molar-refractivity contribution in [2.75, 3.05) is 27.2 Å². The highest BCUT2D eigenvalue weighted by atomic mass is 35.5. The molecule has 0 aromatic carbocycles. The molecular formula is C12H19ClN4O2S. The highest BCUT2D eigenvalue weighted by molar-refractivity contribution is 7.86. The van der Waals surface area contributed by atoms with Gasteiger partial charge in [0.1, 0.15) is 11.0 Å². The van der Waals surface area contributed by atoms with Gasteiger partial charge >= 0.3 is 0 Å². The largest absolute Gasteiger partial charge is 0.281 e. The topological polar surface area (TPSA) is 66.4 Å². The van der Waals surface area contributed by atoms with Crippen LogP contribution in [-0.4, -0.2) is 54.2 Å². The van der Waals surface area contributed by atoms with Crippen LogP contribution in [0.25, 0.3) is 0 Å². The van der Waals surface area contributed by atoms with E-state index in [1.54, 1.807) is 27.1 Å². The van der Waals surface area contributed by atoms with Crippen molar-refractivity contribution in [3.8, 4) is 0 Å². The summed E-state index contributed by atoms with van der Waals surface area (Å²) in [5.74, 6) is 0.678. The monoisotopic (exact) mass is 318 g/mol. The first-order valence-corrected chi connectivity index (χ1v) is 8.27. The first-order valence-electron chi connectivity index (χ1n) is 6.49. The molecule has 1 saturated heterocycles. The van der Waals surface area contributed by atoms with Crippen molar-refractivity contribution in [2.45, 2.75) is 25.7 Å². The van der Waals surface area contributed by atoms with Crippen LogP contribution in [0, 0.1) is 6.92 Å². The second kappa shape index (κ2) is 5.93. The summed E-state index contributed by atoms with van der Waals surface area (Å²) in [4.78, 5) is 8.43. The molecule has 1 fully saturated rings. The van der Waals surface area contributed by atoms with Gasteiger partial charge in [0.05, 0.1) is 0 Å². The van der Waals surface area contributed by atoms with Crippen molar-refractivity contribution in [3.05, 3.63) is 22.7 Å². The maximum Gasteiger partial charge on any atom is 0.281 e. The third-order valence-electron chi connectivity index (χ3n) is 3.42. The molecule has 2 rings (SSSR count). The zero-order valence-corrected chi connectivity index (χ0v) is 13.4. The van der Waals surface area contributed by atoms with Crippen molar-refractivity contribution in [1.82, 2.24) is 18.6 Å². The zero-order valence-electron chi connectivity index (χ0n) is 11.9. The number of aryl methyl sites for hydroxylation is 1. The smallest absolute Gasteiger partial charge is 0.238 e. The van der Waals surface area contributed by atoms with Gasteiger partial charge in [0.25, 0.3) is 10.2 Å². The lowest BCUT2D eigenvalue weighted by molar-refractivity contribution is 0.296. The predicted molar refractivity (Wildman–Crippen MR) is 77.9 cm³/mol. The number of nitrogens with zero attached hydrogens (tertiary/aromatic N) is 4. The summed E-state index contributed by atoms with van der Waals surface area (Å²) in [6.07, 6.45) is 1.73. The molecule has 20 heavy (non-hydrogen) atoms. The summed E-state index contributed by atoms with van der Waals surface area (Å²) in [7, 11) is -0.278. The van der Waals surface area contributed by atoms with E-state index in [0.717, 1.165) is 18.5 Å². The maximum absolute atomic E-state index is 12.2. The van der Waals surface area contributed by atoms with Gasteiger partial charge in [0.2, 0.25) is 0 Å². The van der Waals surface area contributed by atoms with Crippen LogP contribution in [0.1, 0.15) is 30.3 Å². The SMILES string of the molecule is Cc1nc(Cl)cc(C2CCCN(S(=O)(=O)N(C)C)C2)n1. The molecule has 1 unspecified atom stereocenters. The van der Waals surface area contributed by atoms with Gasteiger partial charge in [0.15, 0.2) is 0 Å². The van der Waals surface area contributed by atoms with E-state index in [4.69, 9.17) is 11.6 Å². The fraction of sp³-hybridized carbons (Fsp3) is 0.667. The molecule has 1 aliphatic rings. The van der Waals surface area contributed by atoms with Gasteiger partial charge in [-0.2, -0.15) is 17.0 Å². The second-order valence-electron chi connectivity index (χ2n) is 5.15. The third kappa shape index (κ3) is 3.28. The molecule has 0 amide bonds. The van der Waals surface area contributed by atoms with Gasteiger partial charge in [0, 0.05) is 38.8 Å². The van der Waals surface area contributed by atoms with Crippen molar-refractivity contribution in [2.24, 2.45) is 0 Å². The number of hydrogen-bond acceptors (Lipinski definition) is 4. The van der Waals surface area contributed by atoms with Crippen LogP contribution in [0.15, 0.2) is 6.07 Å². The van der Waals surface area contributed by atoms with Crippen molar-refractivity contribution in [1.29, 1.82) is 0 Å². The molecule has 0 radical (unpaired) electrons. The van der Waals surface area contributed by atoms with Gasteiger partial charge in [-0.25, -0.2) is 9.97 Å². The second-order valence-corrected chi connectivity index (χ2v) is 7.68. The van der Waals surface area contributed by atoms with Gasteiger partial charge in [-0.1, -0.05) is 11.6 Å². The summed E-state index contributed by atoms with van der Waals surface area (Å²) < 4.78 is 27.1. The van der Waals surface area contributed by atoms with E-state index in [1.165, 1.54) is 8.61 Å². The van der Waals surface area contributed by atoms with E-state index in [9.17, 15) is 8.42 Å². The minimum absolute atomic E-state index is 0.0673. The molecule has 2 heterocycles. The quantitative estimate of drug-likeness (QED) is 0.791. The molecule has 6 nitrogen and oxygen atoms in total. The molecule has 112 valence electrons. The molecule has 8 heteroatoms. The molecular weight excluding hydrogens is 300 g/mol. The van der Waals surface area contributed by atoms with Gasteiger partial charge < -0.3 is 0 Å². The van der Waals surface area contributed by atoms with Crippen LogP contribution >= 0.6 is 11.6 Å². The van der Waals surface area contributed by atoms with Crippen molar-refractivity contribution < 1.29 is 8.42 Å². The number of rotatable bonds is 3. The Kier molecular flexibility index (Phi) is 4.63. The van der Waals surface area contributed by atoms with Gasteiger partial charge in [-0.3, -0.25) is 0 Å². The summed E-state index contributed by atoms with van der Waals surface area (Å²) >= 11 is 5.95. The fourth-order valence-corrected chi connectivity index (χ4v) is 3.81. The molecule has 0 spiro atoms. The van der Waals surface area contributed by atoms with Crippen LogP contribution < -0.4 is 0 Å². The highest BCUT2D eigenvalue weighted by Gasteiger charge is 2.31. The molecule has 1 aromatic rings. The number of piperidine rings is 1. The first kappa shape index (κ1) is 15.6. The van der Waals surface area contributed by atoms with Crippen LogP contribution in [-0.2, 0) is 10.2 Å². The Labute approximate surface area is 125 Å². The Morgan fingerprint density at radius 1 is 1.40 bits per heavy atom. The van der Waals surface area contributed by atoms with Crippen LogP contribution in [0.2, 0.25) is 5.15 Å². The Morgan fingerprint density at radius 3 is 2.70 bits per heavy atom. The van der Waals surface area contributed by atoms with Crippen LogP contribution in [0.5, 0.6) is 0 Å². The lowest BCUT2D eigenvalue weighted by Gasteiger charge is -2.33. The highest BCUT2D eigenvalue weighted by Crippen LogP contribution is 2.28. The average molecular weight is 319 g/mol. The summed E-state index contributed by atoms with van der Waals surface area (Å²) in [6, 6.07) is 1.73. The Morgan fingerprint density at radius 2 is 2.10 bits per heavy atom. The van der Waals surface area contributed by atoms with Crippen molar-refractivity contribution >= 4 is 21.8 Å². The standard InChI is InChI=1S/C12H19ClN4O2S/c1-9-14-11(7-12(13)15-9)10-5-4-6-17(8-10)20(18,19)16(2)3/h7,10H,4-6,8H2,1-3H3. The summed E-state index contributed by atoms with van der Waals surface area (Å²) in [5, 5.41) is 0.403. The van der Waals surface area contributed by atoms with E-state index >= 15 is 0 Å². The predicted octanol–water partition coefficient (Wildman–Crippen LogP) is 1.42. The van der Waals surface area contributed by atoms with Crippen molar-refractivity contribution in [3.63, 3.8) is 0 Å². The van der Waals surface area contributed by atoms with Crippen LogP contribution in [0.4, 0.5) is 0 Å². The van der Waals surface area contributed by atoms with E-state index in [-0.39, 0.29) is 5.92 Å². The minimum atomic E-state index is -3.37. The maximum atomic E-state index is 12.2. The van der Waals surface area contributed by atoms with E-state index in [2.05, 4.69) is 9.97 Å². The Bertz CT molecular complexity index is 571. The molecule has 0 bridgehead atoms. The van der Waals surface area contributed by atoms with Crippen LogP contribution in [0.3, 0.4) is 0 Å². The minimum Gasteiger partial charge on any atom is -0.238 e. The Balaban J connectivity index is 2.23. The molecule has 1 aromatic heterocycles. The average Bonchev–Trinajstić information content (AvgIpc) is 2.37. The summed E-state index contributed by atoms with van der Waals surface area (Å²) in [5.41, 5.74) is 0.821. The third-order valence-corrected chi connectivity index (χ3v) is 5.52. The summed E-state index contributed by atoms with van der Waals surface area (Å²) in [6.45, 7) is 2.77. The normalized spacial score (nSPS) is 21.4. The molecule has 1 aliphatic heterocycles. The van der Waals surface area contributed by atoms with E-state index < -0.39 is 10.2 Å². The number of hydrogen-bond donors (Lipinski definition) is 0.